The maximum atomic E-state index is 13.6. The van der Waals surface area contributed by atoms with E-state index in [2.05, 4.69) is 53.5 Å². The number of esters is 2. The Morgan fingerprint density at radius 2 is 1.08 bits per heavy atom. The molecule has 0 aromatic heterocycles. The molecular formula is C47H95NO5. The molecule has 1 N–H and O–H groups in total. The highest BCUT2D eigenvalue weighted by molar-refractivity contribution is 5.76. The van der Waals surface area contributed by atoms with E-state index in [9.17, 15) is 14.7 Å². The number of hydrogen-bond acceptors (Lipinski definition) is 6. The van der Waals surface area contributed by atoms with Gasteiger partial charge in [-0.05, 0) is 84.6 Å². The number of aliphatic hydroxyl groups excluding tert-OH is 1. The van der Waals surface area contributed by atoms with Gasteiger partial charge < -0.3 is 19.5 Å². The van der Waals surface area contributed by atoms with Gasteiger partial charge in [0.2, 0.25) is 0 Å². The van der Waals surface area contributed by atoms with E-state index in [1.165, 1.54) is 89.9 Å². The second-order valence-corrected chi connectivity index (χ2v) is 17.6. The summed E-state index contributed by atoms with van der Waals surface area (Å²) in [7, 11) is 2.08. The number of carbonyl (C=O) groups is 2. The van der Waals surface area contributed by atoms with Crippen molar-refractivity contribution in [1.29, 1.82) is 0 Å². The van der Waals surface area contributed by atoms with Crippen LogP contribution in [0.1, 0.15) is 230 Å². The van der Waals surface area contributed by atoms with Crippen LogP contribution in [0.25, 0.3) is 0 Å². The summed E-state index contributed by atoms with van der Waals surface area (Å²) in [5.74, 6) is 0.544. The molecule has 4 unspecified atom stereocenters. The van der Waals surface area contributed by atoms with Crippen LogP contribution in [0.2, 0.25) is 0 Å². The predicted octanol–water partition coefficient (Wildman–Crippen LogP) is 13.5. The standard InChI is InChI=1S/C45H89NO5.C2H6/c1-11-14-17-19-20-23-27-32-41(51-43(49)45(8,9)38(4)35-46(10)37-44(6,7)39(5)47)33-28-24-21-22-25-29-34-42(48)50-36-40(30-16-13-3)31-26-18-15-12-2;1-2/h38-41,47H,11-37H2,1-10H3;1-2H3. The first-order valence-electron chi connectivity index (χ1n) is 22.9. The molecule has 6 heteroatoms. The number of nitrogens with zero attached hydrogens (tertiary/aromatic N) is 1. The summed E-state index contributed by atoms with van der Waals surface area (Å²) in [6, 6.07) is 0. The van der Waals surface area contributed by atoms with Crippen molar-refractivity contribution in [2.75, 3.05) is 26.7 Å². The first-order chi connectivity index (χ1) is 25.2. The molecule has 0 aliphatic rings. The Morgan fingerprint density at radius 3 is 1.58 bits per heavy atom. The van der Waals surface area contributed by atoms with Crippen LogP contribution in [0.4, 0.5) is 0 Å². The molecule has 6 nitrogen and oxygen atoms in total. The minimum absolute atomic E-state index is 0.0194. The first kappa shape index (κ1) is 54.0. The molecule has 0 spiro atoms. The minimum Gasteiger partial charge on any atom is -0.465 e. The molecule has 0 rings (SSSR count). The maximum Gasteiger partial charge on any atom is 0.312 e. The van der Waals surface area contributed by atoms with Crippen LogP contribution in [0, 0.1) is 22.7 Å². The van der Waals surface area contributed by atoms with Crippen molar-refractivity contribution in [2.24, 2.45) is 22.7 Å². The molecule has 0 amide bonds. The van der Waals surface area contributed by atoms with Crippen molar-refractivity contribution in [2.45, 2.75) is 242 Å². The van der Waals surface area contributed by atoms with Crippen molar-refractivity contribution in [3.63, 3.8) is 0 Å². The van der Waals surface area contributed by atoms with Crippen molar-refractivity contribution >= 4 is 11.9 Å². The second-order valence-electron chi connectivity index (χ2n) is 17.6. The topological polar surface area (TPSA) is 76.1 Å². The third-order valence-electron chi connectivity index (χ3n) is 11.6. The van der Waals surface area contributed by atoms with Gasteiger partial charge in [-0.25, -0.2) is 0 Å². The molecule has 53 heavy (non-hydrogen) atoms. The zero-order valence-electron chi connectivity index (χ0n) is 37.9. The molecule has 0 aromatic carbocycles. The number of unbranched alkanes of at least 4 members (excludes halogenated alkanes) is 15. The van der Waals surface area contributed by atoms with Gasteiger partial charge in [-0.2, -0.15) is 0 Å². The van der Waals surface area contributed by atoms with E-state index in [1.54, 1.807) is 0 Å². The van der Waals surface area contributed by atoms with Crippen molar-refractivity contribution in [3.8, 4) is 0 Å². The highest BCUT2D eigenvalue weighted by Crippen LogP contribution is 2.32. The van der Waals surface area contributed by atoms with Crippen LogP contribution in [0.5, 0.6) is 0 Å². The van der Waals surface area contributed by atoms with Gasteiger partial charge in [0.25, 0.3) is 0 Å². The van der Waals surface area contributed by atoms with Crippen molar-refractivity contribution in [3.05, 3.63) is 0 Å². The van der Waals surface area contributed by atoms with Gasteiger partial charge in [-0.1, -0.05) is 158 Å². The Morgan fingerprint density at radius 1 is 0.642 bits per heavy atom. The van der Waals surface area contributed by atoms with Crippen LogP contribution in [-0.4, -0.2) is 60.9 Å². The van der Waals surface area contributed by atoms with E-state index in [0.717, 1.165) is 70.9 Å². The Kier molecular flexibility index (Phi) is 34.8. The van der Waals surface area contributed by atoms with E-state index in [0.29, 0.717) is 18.9 Å². The predicted molar refractivity (Wildman–Crippen MR) is 229 cm³/mol. The molecule has 0 aliphatic carbocycles. The highest BCUT2D eigenvalue weighted by Gasteiger charge is 2.38. The van der Waals surface area contributed by atoms with Crippen LogP contribution in [0.15, 0.2) is 0 Å². The molecule has 0 heterocycles. The minimum atomic E-state index is -0.589. The summed E-state index contributed by atoms with van der Waals surface area (Å²) in [6.07, 6.45) is 27.2. The van der Waals surface area contributed by atoms with Crippen LogP contribution in [0.3, 0.4) is 0 Å². The summed E-state index contributed by atoms with van der Waals surface area (Å²) in [6.45, 7) is 25.1. The van der Waals surface area contributed by atoms with Crippen LogP contribution >= 0.6 is 0 Å². The Balaban J connectivity index is 0. The molecular weight excluding hydrogens is 659 g/mol. The summed E-state index contributed by atoms with van der Waals surface area (Å²) >= 11 is 0. The summed E-state index contributed by atoms with van der Waals surface area (Å²) in [5, 5.41) is 10.2. The molecule has 0 aromatic rings. The fourth-order valence-corrected chi connectivity index (χ4v) is 6.98. The van der Waals surface area contributed by atoms with E-state index in [4.69, 9.17) is 9.47 Å². The molecule has 318 valence electrons. The van der Waals surface area contributed by atoms with E-state index in [-0.39, 0.29) is 29.4 Å². The molecule has 0 saturated carbocycles. The van der Waals surface area contributed by atoms with Gasteiger partial charge in [-0.3, -0.25) is 9.59 Å². The van der Waals surface area contributed by atoms with Gasteiger partial charge in [0.15, 0.2) is 0 Å². The monoisotopic (exact) mass is 754 g/mol. The Labute approximate surface area is 332 Å². The SMILES string of the molecule is CC.CCCCCCCCCC(CCCCCCCCC(=O)OCC(CCCC)CCCCCC)OC(=O)C(C)(C)C(C)CN(C)CC(C)(C)C(C)O. The third kappa shape index (κ3) is 28.9. The molecule has 0 saturated heterocycles. The smallest absolute Gasteiger partial charge is 0.312 e. The van der Waals surface area contributed by atoms with Crippen LogP contribution < -0.4 is 0 Å². The van der Waals surface area contributed by atoms with E-state index >= 15 is 0 Å². The van der Waals surface area contributed by atoms with Crippen LogP contribution in [-0.2, 0) is 19.1 Å². The summed E-state index contributed by atoms with van der Waals surface area (Å²) in [5.41, 5.74) is -0.800. The number of aliphatic hydroxyl groups is 1. The van der Waals surface area contributed by atoms with Crippen molar-refractivity contribution in [1.82, 2.24) is 4.90 Å². The lowest BCUT2D eigenvalue weighted by Crippen LogP contribution is -2.44. The van der Waals surface area contributed by atoms with Crippen molar-refractivity contribution < 1.29 is 24.2 Å². The summed E-state index contributed by atoms with van der Waals surface area (Å²) in [4.78, 5) is 28.3. The lowest BCUT2D eigenvalue weighted by atomic mass is 9.79. The number of rotatable bonds is 35. The Bertz CT molecular complexity index is 841. The highest BCUT2D eigenvalue weighted by atomic mass is 16.5. The number of ether oxygens (including phenoxy) is 2. The molecule has 4 atom stereocenters. The van der Waals surface area contributed by atoms with Gasteiger partial charge in [-0.15, -0.1) is 0 Å². The molecule has 0 fully saturated rings. The first-order valence-corrected chi connectivity index (χ1v) is 22.9. The van der Waals surface area contributed by atoms with E-state index < -0.39 is 11.5 Å². The third-order valence-corrected chi connectivity index (χ3v) is 11.6. The fourth-order valence-electron chi connectivity index (χ4n) is 6.98. The maximum absolute atomic E-state index is 13.6. The molecule has 0 radical (unpaired) electrons. The van der Waals surface area contributed by atoms with Gasteiger partial charge in [0, 0.05) is 24.9 Å². The Hall–Kier alpha value is -1.14. The zero-order valence-corrected chi connectivity index (χ0v) is 37.9. The number of carbonyl (C=O) groups excluding carboxylic acids is 2. The lowest BCUT2D eigenvalue weighted by Gasteiger charge is -2.37. The van der Waals surface area contributed by atoms with Gasteiger partial charge in [0.05, 0.1) is 18.1 Å². The average molecular weight is 754 g/mol. The average Bonchev–Trinajstić information content (AvgIpc) is 3.11. The molecule has 0 aliphatic heterocycles. The lowest BCUT2D eigenvalue weighted by molar-refractivity contribution is -0.164. The van der Waals surface area contributed by atoms with E-state index in [1.807, 2.05) is 34.6 Å². The van der Waals surface area contributed by atoms with Gasteiger partial charge >= 0.3 is 11.9 Å². The zero-order chi connectivity index (χ0) is 40.5. The number of hydrogen-bond donors (Lipinski definition) is 1. The van der Waals surface area contributed by atoms with Gasteiger partial charge in [0.1, 0.15) is 6.10 Å². The molecule has 0 bridgehead atoms. The second kappa shape index (κ2) is 34.1. The normalized spacial score (nSPS) is 14.3. The fraction of sp³-hybridized carbons (Fsp3) is 0.957. The summed E-state index contributed by atoms with van der Waals surface area (Å²) < 4.78 is 12.0. The largest absolute Gasteiger partial charge is 0.465 e. The quantitative estimate of drug-likeness (QED) is 0.0513.